The molecule has 0 rings (SSSR count). The van der Waals surface area contributed by atoms with Gasteiger partial charge in [-0.3, -0.25) is 14.4 Å². The molecule has 0 amide bonds. The third-order valence-corrected chi connectivity index (χ3v) is 11.2. The van der Waals surface area contributed by atoms with E-state index < -0.39 is 6.10 Å². The van der Waals surface area contributed by atoms with Gasteiger partial charge in [-0.1, -0.05) is 234 Å². The second kappa shape index (κ2) is 43.0. The zero-order valence-corrected chi connectivity index (χ0v) is 38.3. The maximum Gasteiger partial charge on any atom is 0.306 e. The molecule has 6 nitrogen and oxygen atoms in total. The quantitative estimate of drug-likeness (QED) is 0.0347. The highest BCUT2D eigenvalue weighted by atomic mass is 16.6. The van der Waals surface area contributed by atoms with Crippen molar-refractivity contribution < 1.29 is 28.6 Å². The van der Waals surface area contributed by atoms with Crippen molar-refractivity contribution in [3.8, 4) is 0 Å². The predicted octanol–water partition coefficient (Wildman–Crippen LogP) is 15.8. The van der Waals surface area contributed by atoms with Crippen molar-refractivity contribution >= 4 is 17.9 Å². The zero-order valence-electron chi connectivity index (χ0n) is 38.3. The van der Waals surface area contributed by atoms with Gasteiger partial charge in [0.2, 0.25) is 0 Å². The molecule has 0 aliphatic heterocycles. The molecular formula is C50H96O6. The first kappa shape index (κ1) is 54.4. The zero-order chi connectivity index (χ0) is 41.2. The molecule has 0 fully saturated rings. The van der Waals surface area contributed by atoms with E-state index in [4.69, 9.17) is 14.2 Å². The minimum Gasteiger partial charge on any atom is -0.462 e. The van der Waals surface area contributed by atoms with E-state index >= 15 is 0 Å². The molecule has 0 spiro atoms. The fraction of sp³-hybridized carbons (Fsp3) is 0.940. The summed E-state index contributed by atoms with van der Waals surface area (Å²) in [6.07, 6.45) is 42.7. The average Bonchev–Trinajstić information content (AvgIpc) is 3.16. The Bertz CT molecular complexity index is 854. The van der Waals surface area contributed by atoms with E-state index in [1.165, 1.54) is 154 Å². The largest absolute Gasteiger partial charge is 0.462 e. The Morgan fingerprint density at radius 2 is 0.589 bits per heavy atom. The van der Waals surface area contributed by atoms with Gasteiger partial charge in [0, 0.05) is 19.3 Å². The van der Waals surface area contributed by atoms with Crippen LogP contribution in [0.3, 0.4) is 0 Å². The molecule has 0 aromatic heterocycles. The molecule has 0 aromatic carbocycles. The number of hydrogen-bond donors (Lipinski definition) is 0. The lowest BCUT2D eigenvalue weighted by Gasteiger charge is -2.18. The van der Waals surface area contributed by atoms with Crippen LogP contribution in [0.2, 0.25) is 0 Å². The highest BCUT2D eigenvalue weighted by molar-refractivity contribution is 5.71. The van der Waals surface area contributed by atoms with Crippen LogP contribution in [0, 0.1) is 11.8 Å². The third kappa shape index (κ3) is 43.5. The fourth-order valence-corrected chi connectivity index (χ4v) is 7.46. The van der Waals surface area contributed by atoms with E-state index in [1.807, 2.05) is 0 Å². The topological polar surface area (TPSA) is 78.9 Å². The molecule has 332 valence electrons. The highest BCUT2D eigenvalue weighted by Crippen LogP contribution is 2.17. The molecule has 0 bridgehead atoms. The van der Waals surface area contributed by atoms with Gasteiger partial charge < -0.3 is 14.2 Å². The van der Waals surface area contributed by atoms with Crippen LogP contribution >= 0.6 is 0 Å². The van der Waals surface area contributed by atoms with Crippen molar-refractivity contribution in [2.24, 2.45) is 11.8 Å². The van der Waals surface area contributed by atoms with Crippen molar-refractivity contribution in [3.05, 3.63) is 0 Å². The van der Waals surface area contributed by atoms with Crippen molar-refractivity contribution in [1.29, 1.82) is 0 Å². The van der Waals surface area contributed by atoms with Crippen molar-refractivity contribution in [3.63, 3.8) is 0 Å². The van der Waals surface area contributed by atoms with Crippen LogP contribution in [0.5, 0.6) is 0 Å². The Kier molecular flexibility index (Phi) is 41.8. The molecule has 0 aliphatic rings. The minimum atomic E-state index is -0.759. The molecule has 0 saturated carbocycles. The summed E-state index contributed by atoms with van der Waals surface area (Å²) in [5, 5.41) is 0. The summed E-state index contributed by atoms with van der Waals surface area (Å²) in [7, 11) is 0. The van der Waals surface area contributed by atoms with Gasteiger partial charge in [0.1, 0.15) is 13.2 Å². The number of esters is 3. The van der Waals surface area contributed by atoms with Crippen molar-refractivity contribution in [2.75, 3.05) is 13.2 Å². The van der Waals surface area contributed by atoms with E-state index in [0.29, 0.717) is 19.3 Å². The fourth-order valence-electron chi connectivity index (χ4n) is 7.46. The molecule has 6 heteroatoms. The van der Waals surface area contributed by atoms with E-state index in [2.05, 4.69) is 34.6 Å². The van der Waals surface area contributed by atoms with Gasteiger partial charge in [-0.2, -0.15) is 0 Å². The first-order valence-electron chi connectivity index (χ1n) is 24.7. The Morgan fingerprint density at radius 3 is 0.875 bits per heavy atom. The van der Waals surface area contributed by atoms with Gasteiger partial charge in [-0.25, -0.2) is 0 Å². The Morgan fingerprint density at radius 1 is 0.339 bits per heavy atom. The Balaban J connectivity index is 4.07. The third-order valence-electron chi connectivity index (χ3n) is 11.2. The number of unbranched alkanes of at least 4 members (excludes halogenated alkanes) is 29. The van der Waals surface area contributed by atoms with Crippen LogP contribution < -0.4 is 0 Å². The summed E-state index contributed by atoms with van der Waals surface area (Å²) in [5.41, 5.74) is 0. The molecule has 0 aliphatic carbocycles. The van der Waals surface area contributed by atoms with Crippen LogP contribution in [0.4, 0.5) is 0 Å². The number of hydrogen-bond acceptors (Lipinski definition) is 6. The van der Waals surface area contributed by atoms with Gasteiger partial charge >= 0.3 is 17.9 Å². The molecule has 0 unspecified atom stereocenters. The summed E-state index contributed by atoms with van der Waals surface area (Å²) in [6, 6.07) is 0. The van der Waals surface area contributed by atoms with Gasteiger partial charge in [0.05, 0.1) is 0 Å². The summed E-state index contributed by atoms with van der Waals surface area (Å²) in [6.45, 7) is 11.3. The SMILES string of the molecule is CCCCCCCC(=O)O[C@H](COC(=O)CCCCCCCCCCCCCCCCCC(C)C)COC(=O)CCCCCCCCCCCCCCC(C)C. The van der Waals surface area contributed by atoms with E-state index in [1.54, 1.807) is 0 Å². The van der Waals surface area contributed by atoms with E-state index in [-0.39, 0.29) is 31.1 Å². The lowest BCUT2D eigenvalue weighted by atomic mass is 10.0. The van der Waals surface area contributed by atoms with Crippen LogP contribution in [0.15, 0.2) is 0 Å². The Hall–Kier alpha value is -1.59. The maximum atomic E-state index is 12.6. The number of rotatable bonds is 44. The molecular weight excluding hydrogens is 697 g/mol. The maximum absolute atomic E-state index is 12.6. The molecule has 0 N–H and O–H groups in total. The average molecular weight is 793 g/mol. The first-order valence-corrected chi connectivity index (χ1v) is 24.7. The van der Waals surface area contributed by atoms with Crippen LogP contribution in [-0.2, 0) is 28.6 Å². The Labute approximate surface area is 348 Å². The van der Waals surface area contributed by atoms with Crippen LogP contribution in [0.25, 0.3) is 0 Å². The van der Waals surface area contributed by atoms with E-state index in [0.717, 1.165) is 76.0 Å². The normalized spacial score (nSPS) is 12.1. The van der Waals surface area contributed by atoms with Gasteiger partial charge in [0.25, 0.3) is 0 Å². The molecule has 0 saturated heterocycles. The standard InChI is InChI=1S/C50H96O6/c1-6-7-8-28-37-42-50(53)56-47(44-55-49(52)41-36-32-27-23-19-15-14-17-21-25-30-34-39-46(4)5)43-54-48(51)40-35-31-26-22-18-13-11-9-10-12-16-20-24-29-33-38-45(2)3/h45-47H,6-44H2,1-5H3/t47-/m1/s1. The van der Waals surface area contributed by atoms with E-state index in [9.17, 15) is 14.4 Å². The molecule has 0 aromatic rings. The summed E-state index contributed by atoms with van der Waals surface area (Å²) in [5.74, 6) is 0.817. The lowest BCUT2D eigenvalue weighted by molar-refractivity contribution is -0.167. The molecule has 1 atom stereocenters. The number of carbonyl (C=O) groups excluding carboxylic acids is 3. The number of ether oxygens (including phenoxy) is 3. The van der Waals surface area contributed by atoms with Gasteiger partial charge in [0.15, 0.2) is 6.10 Å². The predicted molar refractivity (Wildman–Crippen MR) is 238 cm³/mol. The first-order chi connectivity index (χ1) is 27.2. The second-order valence-corrected chi connectivity index (χ2v) is 18.1. The summed E-state index contributed by atoms with van der Waals surface area (Å²) in [4.78, 5) is 37.6. The van der Waals surface area contributed by atoms with Gasteiger partial charge in [-0.05, 0) is 31.1 Å². The smallest absolute Gasteiger partial charge is 0.306 e. The summed E-state index contributed by atoms with van der Waals surface area (Å²) < 4.78 is 16.7. The van der Waals surface area contributed by atoms with Crippen molar-refractivity contribution in [2.45, 2.75) is 278 Å². The summed E-state index contributed by atoms with van der Waals surface area (Å²) >= 11 is 0. The minimum absolute atomic E-state index is 0.0654. The monoisotopic (exact) mass is 793 g/mol. The molecule has 0 heterocycles. The lowest BCUT2D eigenvalue weighted by Crippen LogP contribution is -2.30. The van der Waals surface area contributed by atoms with Crippen LogP contribution in [0.1, 0.15) is 272 Å². The van der Waals surface area contributed by atoms with Crippen molar-refractivity contribution in [1.82, 2.24) is 0 Å². The molecule has 0 radical (unpaired) electrons. The van der Waals surface area contributed by atoms with Gasteiger partial charge in [-0.15, -0.1) is 0 Å². The second-order valence-electron chi connectivity index (χ2n) is 18.1. The highest BCUT2D eigenvalue weighted by Gasteiger charge is 2.19. The van der Waals surface area contributed by atoms with Crippen LogP contribution in [-0.4, -0.2) is 37.2 Å². The molecule has 56 heavy (non-hydrogen) atoms. The number of carbonyl (C=O) groups is 3.